The molecule has 0 radical (unpaired) electrons. The Morgan fingerprint density at radius 2 is 1.77 bits per heavy atom. The summed E-state index contributed by atoms with van der Waals surface area (Å²) in [7, 11) is -0.650. The molecule has 118 valence electrons. The predicted octanol–water partition coefficient (Wildman–Crippen LogP) is 2.96. The van der Waals surface area contributed by atoms with Crippen LogP contribution in [0, 0.1) is 12.7 Å². The quantitative estimate of drug-likeness (QED) is 0.850. The molecule has 0 unspecified atom stereocenters. The Labute approximate surface area is 130 Å². The molecule has 0 aliphatic heterocycles. The van der Waals surface area contributed by atoms with Gasteiger partial charge >= 0.3 is 0 Å². The normalized spacial score (nSPS) is 11.7. The summed E-state index contributed by atoms with van der Waals surface area (Å²) in [5.74, 6) is 0.161. The Balaban J connectivity index is 2.30. The van der Waals surface area contributed by atoms with Gasteiger partial charge in [-0.25, -0.2) is 12.8 Å². The lowest BCUT2D eigenvalue weighted by atomic mass is 10.1. The van der Waals surface area contributed by atoms with Crippen LogP contribution in [0.5, 0.6) is 5.75 Å². The molecule has 0 bridgehead atoms. The molecule has 0 saturated heterocycles. The van der Waals surface area contributed by atoms with Gasteiger partial charge in [0, 0.05) is 19.2 Å². The molecule has 0 spiro atoms. The summed E-state index contributed by atoms with van der Waals surface area (Å²) in [4.78, 5) is 0.0584. The van der Waals surface area contributed by atoms with E-state index in [2.05, 4.69) is 0 Å². The van der Waals surface area contributed by atoms with Crippen LogP contribution in [0.15, 0.2) is 47.4 Å². The first-order valence-electron chi connectivity index (χ1n) is 6.70. The van der Waals surface area contributed by atoms with Crippen molar-refractivity contribution in [2.45, 2.75) is 18.4 Å². The third kappa shape index (κ3) is 3.45. The van der Waals surface area contributed by atoms with Crippen LogP contribution < -0.4 is 4.74 Å². The third-order valence-electron chi connectivity index (χ3n) is 3.35. The lowest BCUT2D eigenvalue weighted by Gasteiger charge is -2.19. The zero-order valence-corrected chi connectivity index (χ0v) is 13.5. The number of aryl methyl sites for hydroxylation is 1. The molecule has 2 aromatic carbocycles. The summed E-state index contributed by atoms with van der Waals surface area (Å²) in [5.41, 5.74) is 1.79. The number of nitrogens with zero attached hydrogens (tertiary/aromatic N) is 1. The Hall–Kier alpha value is -1.92. The van der Waals surface area contributed by atoms with Crippen molar-refractivity contribution in [3.05, 3.63) is 59.4 Å². The highest BCUT2D eigenvalue weighted by Gasteiger charge is 2.22. The largest absolute Gasteiger partial charge is 0.496 e. The van der Waals surface area contributed by atoms with Crippen molar-refractivity contribution in [1.29, 1.82) is 0 Å². The number of methoxy groups -OCH3 is 1. The topological polar surface area (TPSA) is 46.6 Å². The molecule has 0 N–H and O–H groups in total. The van der Waals surface area contributed by atoms with Crippen molar-refractivity contribution >= 4 is 10.0 Å². The molecular weight excluding hydrogens is 305 g/mol. The predicted molar refractivity (Wildman–Crippen MR) is 82.8 cm³/mol. The van der Waals surface area contributed by atoms with Gasteiger partial charge in [-0.05, 0) is 37.3 Å². The Kier molecular flexibility index (Phi) is 4.83. The molecule has 0 aromatic heterocycles. The first kappa shape index (κ1) is 16.5. The number of hydrogen-bond acceptors (Lipinski definition) is 3. The van der Waals surface area contributed by atoms with Crippen molar-refractivity contribution in [3.63, 3.8) is 0 Å². The minimum atomic E-state index is -3.68. The number of sulfonamides is 1. The summed E-state index contributed by atoms with van der Waals surface area (Å²) in [6.07, 6.45) is 0. The van der Waals surface area contributed by atoms with Crippen LogP contribution in [-0.2, 0) is 16.6 Å². The second kappa shape index (κ2) is 6.46. The van der Waals surface area contributed by atoms with Crippen LogP contribution in [-0.4, -0.2) is 26.9 Å². The van der Waals surface area contributed by atoms with E-state index < -0.39 is 15.8 Å². The summed E-state index contributed by atoms with van der Waals surface area (Å²) in [6, 6.07) is 10.4. The average Bonchev–Trinajstić information content (AvgIpc) is 2.48. The van der Waals surface area contributed by atoms with Gasteiger partial charge in [-0.2, -0.15) is 4.31 Å². The first-order valence-corrected chi connectivity index (χ1v) is 8.14. The molecule has 4 nitrogen and oxygen atoms in total. The summed E-state index contributed by atoms with van der Waals surface area (Å²) >= 11 is 0. The molecule has 6 heteroatoms. The highest BCUT2D eigenvalue weighted by Crippen LogP contribution is 2.24. The number of ether oxygens (including phenoxy) is 1. The number of hydrogen-bond donors (Lipinski definition) is 0. The highest BCUT2D eigenvalue weighted by molar-refractivity contribution is 7.89. The van der Waals surface area contributed by atoms with Crippen molar-refractivity contribution in [1.82, 2.24) is 4.31 Å². The molecule has 0 fully saturated rings. The maximum Gasteiger partial charge on any atom is 0.243 e. The summed E-state index contributed by atoms with van der Waals surface area (Å²) in [6.45, 7) is 2.10. The van der Waals surface area contributed by atoms with E-state index in [9.17, 15) is 12.8 Å². The van der Waals surface area contributed by atoms with E-state index in [-0.39, 0.29) is 11.4 Å². The maximum absolute atomic E-state index is 12.9. The van der Waals surface area contributed by atoms with Crippen molar-refractivity contribution < 1.29 is 17.5 Å². The van der Waals surface area contributed by atoms with Gasteiger partial charge in [-0.15, -0.1) is 0 Å². The Morgan fingerprint density at radius 3 is 2.36 bits per heavy atom. The second-order valence-corrected chi connectivity index (χ2v) is 7.08. The smallest absolute Gasteiger partial charge is 0.243 e. The number of halogens is 1. The Bertz CT molecular complexity index is 757. The van der Waals surface area contributed by atoms with Crippen LogP contribution in [0.4, 0.5) is 4.39 Å². The van der Waals surface area contributed by atoms with Gasteiger partial charge < -0.3 is 4.74 Å². The molecule has 0 atom stereocenters. The van der Waals surface area contributed by atoms with Gasteiger partial charge in [0.1, 0.15) is 11.6 Å². The van der Waals surface area contributed by atoms with Gasteiger partial charge in [0.15, 0.2) is 0 Å². The van der Waals surface area contributed by atoms with Crippen LogP contribution in [0.3, 0.4) is 0 Å². The Morgan fingerprint density at radius 1 is 1.14 bits per heavy atom. The van der Waals surface area contributed by atoms with Gasteiger partial charge in [0.2, 0.25) is 10.0 Å². The van der Waals surface area contributed by atoms with Gasteiger partial charge in [-0.1, -0.05) is 17.7 Å². The van der Waals surface area contributed by atoms with E-state index in [4.69, 9.17) is 4.74 Å². The maximum atomic E-state index is 12.9. The fourth-order valence-electron chi connectivity index (χ4n) is 2.14. The SMILES string of the molecule is COc1ccc(C)cc1CN(C)S(=O)(=O)c1ccc(F)cc1. The van der Waals surface area contributed by atoms with Crippen molar-refractivity contribution in [3.8, 4) is 5.75 Å². The van der Waals surface area contributed by atoms with Crippen molar-refractivity contribution in [2.75, 3.05) is 14.2 Å². The zero-order valence-electron chi connectivity index (χ0n) is 12.7. The summed E-state index contributed by atoms with van der Waals surface area (Å²) < 4.78 is 44.4. The molecule has 0 aliphatic carbocycles. The van der Waals surface area contributed by atoms with E-state index in [0.717, 1.165) is 23.3 Å². The molecule has 0 saturated carbocycles. The molecule has 2 aromatic rings. The van der Waals surface area contributed by atoms with Gasteiger partial charge in [0.05, 0.1) is 12.0 Å². The molecule has 0 amide bonds. The monoisotopic (exact) mass is 323 g/mol. The molecular formula is C16H18FNO3S. The highest BCUT2D eigenvalue weighted by atomic mass is 32.2. The van der Waals surface area contributed by atoms with E-state index >= 15 is 0 Å². The van der Waals surface area contributed by atoms with Crippen LogP contribution >= 0.6 is 0 Å². The second-order valence-electron chi connectivity index (χ2n) is 5.03. The first-order chi connectivity index (χ1) is 10.3. The minimum Gasteiger partial charge on any atom is -0.496 e. The van der Waals surface area contributed by atoms with Gasteiger partial charge in [0.25, 0.3) is 0 Å². The van der Waals surface area contributed by atoms with Gasteiger partial charge in [-0.3, -0.25) is 0 Å². The third-order valence-corrected chi connectivity index (χ3v) is 5.17. The number of rotatable bonds is 5. The van der Waals surface area contributed by atoms with E-state index in [1.165, 1.54) is 23.5 Å². The number of benzene rings is 2. The van der Waals surface area contributed by atoms with Crippen LogP contribution in [0.25, 0.3) is 0 Å². The van der Waals surface area contributed by atoms with E-state index in [0.29, 0.717) is 5.75 Å². The lowest BCUT2D eigenvalue weighted by molar-refractivity contribution is 0.398. The molecule has 22 heavy (non-hydrogen) atoms. The summed E-state index contributed by atoms with van der Waals surface area (Å²) in [5, 5.41) is 0. The molecule has 0 aliphatic rings. The lowest BCUT2D eigenvalue weighted by Crippen LogP contribution is -2.26. The fourth-order valence-corrected chi connectivity index (χ4v) is 3.29. The van der Waals surface area contributed by atoms with Crippen LogP contribution in [0.1, 0.15) is 11.1 Å². The fraction of sp³-hybridized carbons (Fsp3) is 0.250. The average molecular weight is 323 g/mol. The standard InChI is InChI=1S/C16H18FNO3S/c1-12-4-9-16(21-3)13(10-12)11-18(2)22(19,20)15-7-5-14(17)6-8-15/h4-10H,11H2,1-3H3. The molecule has 2 rings (SSSR count). The van der Waals surface area contributed by atoms with Crippen LogP contribution in [0.2, 0.25) is 0 Å². The van der Waals surface area contributed by atoms with Crippen molar-refractivity contribution in [2.24, 2.45) is 0 Å². The minimum absolute atomic E-state index is 0.0584. The van der Waals surface area contributed by atoms with E-state index in [1.54, 1.807) is 7.11 Å². The molecule has 0 heterocycles. The zero-order chi connectivity index (χ0) is 16.3. The van der Waals surface area contributed by atoms with E-state index in [1.807, 2.05) is 25.1 Å².